The first-order valence-corrected chi connectivity index (χ1v) is 5.43. The number of fused-ring (bicyclic) bond motifs is 1. The Kier molecular flexibility index (Phi) is 2.71. The highest BCUT2D eigenvalue weighted by atomic mass is 32.1. The van der Waals surface area contributed by atoms with Gasteiger partial charge >= 0.3 is 0 Å². The molecular formula is C12H11NS. The first-order valence-electron chi connectivity index (χ1n) is 4.55. The van der Waals surface area contributed by atoms with Crippen molar-refractivity contribution in [2.24, 2.45) is 0 Å². The van der Waals surface area contributed by atoms with Crippen LogP contribution in [0.15, 0.2) is 29.6 Å². The van der Waals surface area contributed by atoms with Gasteiger partial charge in [-0.2, -0.15) is 0 Å². The zero-order valence-corrected chi connectivity index (χ0v) is 8.60. The highest BCUT2D eigenvalue weighted by Crippen LogP contribution is 2.28. The van der Waals surface area contributed by atoms with Gasteiger partial charge in [-0.1, -0.05) is 12.1 Å². The molecule has 0 spiro atoms. The normalized spacial score (nSPS) is 9.93. The topological polar surface area (TPSA) is 12.0 Å². The van der Waals surface area contributed by atoms with Crippen LogP contribution in [0.5, 0.6) is 0 Å². The van der Waals surface area contributed by atoms with Crippen molar-refractivity contribution in [3.63, 3.8) is 0 Å². The molecule has 0 aliphatic rings. The molecule has 0 saturated heterocycles. The molecule has 0 saturated carbocycles. The standard InChI is InChI=1S/C12H11NS/c1-2-3-8-13-11-6-4-5-10-7-9-14-12(10)11/h1,4-7,9,13H,3,8H2. The van der Waals surface area contributed by atoms with E-state index in [1.165, 1.54) is 15.8 Å². The number of hydrogen-bond acceptors (Lipinski definition) is 2. The van der Waals surface area contributed by atoms with Crippen molar-refractivity contribution in [3.05, 3.63) is 29.6 Å². The number of anilines is 1. The van der Waals surface area contributed by atoms with Crippen LogP contribution in [0.25, 0.3) is 10.1 Å². The van der Waals surface area contributed by atoms with Gasteiger partial charge in [0.1, 0.15) is 0 Å². The molecule has 1 nitrogen and oxygen atoms in total. The van der Waals surface area contributed by atoms with Crippen LogP contribution in [-0.2, 0) is 0 Å². The summed E-state index contributed by atoms with van der Waals surface area (Å²) in [4.78, 5) is 0. The molecule has 1 N–H and O–H groups in total. The second-order valence-electron chi connectivity index (χ2n) is 3.03. The summed E-state index contributed by atoms with van der Waals surface area (Å²) in [6.07, 6.45) is 5.96. The molecule has 0 unspecified atom stereocenters. The van der Waals surface area contributed by atoms with E-state index < -0.39 is 0 Å². The summed E-state index contributed by atoms with van der Waals surface area (Å²) in [6.45, 7) is 0.841. The Balaban J connectivity index is 2.24. The molecule has 0 bridgehead atoms. The second kappa shape index (κ2) is 4.17. The van der Waals surface area contributed by atoms with E-state index in [0.717, 1.165) is 13.0 Å². The van der Waals surface area contributed by atoms with E-state index >= 15 is 0 Å². The molecule has 1 heterocycles. The molecule has 0 atom stereocenters. The van der Waals surface area contributed by atoms with E-state index in [4.69, 9.17) is 6.42 Å². The van der Waals surface area contributed by atoms with Crippen LogP contribution < -0.4 is 5.32 Å². The van der Waals surface area contributed by atoms with Crippen molar-refractivity contribution < 1.29 is 0 Å². The molecule has 1 aromatic carbocycles. The van der Waals surface area contributed by atoms with E-state index in [2.05, 4.69) is 40.9 Å². The zero-order chi connectivity index (χ0) is 9.80. The Bertz CT molecular complexity index is 464. The third-order valence-corrected chi connectivity index (χ3v) is 3.03. The maximum Gasteiger partial charge on any atom is 0.0574 e. The SMILES string of the molecule is C#CCCNc1cccc2ccsc12. The van der Waals surface area contributed by atoms with Crippen molar-refractivity contribution in [1.82, 2.24) is 0 Å². The molecule has 14 heavy (non-hydrogen) atoms. The Morgan fingerprint density at radius 3 is 3.14 bits per heavy atom. The lowest BCUT2D eigenvalue weighted by Gasteiger charge is -2.04. The number of terminal acetylenes is 1. The molecule has 2 rings (SSSR count). The Hall–Kier alpha value is -1.46. The van der Waals surface area contributed by atoms with Crippen LogP contribution in [0.1, 0.15) is 6.42 Å². The monoisotopic (exact) mass is 201 g/mol. The van der Waals surface area contributed by atoms with Crippen molar-refractivity contribution in [2.45, 2.75) is 6.42 Å². The van der Waals surface area contributed by atoms with E-state index in [1.54, 1.807) is 11.3 Å². The van der Waals surface area contributed by atoms with Gasteiger partial charge in [0.05, 0.1) is 10.4 Å². The molecule has 0 aliphatic carbocycles. The summed E-state index contributed by atoms with van der Waals surface area (Å²) in [5.74, 6) is 2.62. The van der Waals surface area contributed by atoms with Crippen molar-refractivity contribution in [2.75, 3.05) is 11.9 Å². The van der Waals surface area contributed by atoms with Gasteiger partial charge in [0, 0.05) is 13.0 Å². The molecule has 2 aromatic rings. The smallest absolute Gasteiger partial charge is 0.0574 e. The minimum atomic E-state index is 0.766. The largest absolute Gasteiger partial charge is 0.383 e. The molecule has 1 aromatic heterocycles. The quantitative estimate of drug-likeness (QED) is 0.593. The second-order valence-corrected chi connectivity index (χ2v) is 3.94. The number of hydrogen-bond donors (Lipinski definition) is 1. The molecule has 2 heteroatoms. The molecule has 0 aliphatic heterocycles. The van der Waals surface area contributed by atoms with Crippen LogP contribution in [-0.4, -0.2) is 6.54 Å². The van der Waals surface area contributed by atoms with E-state index in [9.17, 15) is 0 Å². The third kappa shape index (κ3) is 1.73. The summed E-state index contributed by atoms with van der Waals surface area (Å²) in [5.41, 5.74) is 1.19. The molecule has 0 fully saturated rings. The van der Waals surface area contributed by atoms with Gasteiger partial charge < -0.3 is 5.32 Å². The van der Waals surface area contributed by atoms with Gasteiger partial charge in [-0.05, 0) is 22.9 Å². The fourth-order valence-electron chi connectivity index (χ4n) is 1.40. The van der Waals surface area contributed by atoms with Crippen molar-refractivity contribution >= 4 is 27.1 Å². The predicted octanol–water partition coefficient (Wildman–Crippen LogP) is 3.34. The maximum atomic E-state index is 5.20. The fourth-order valence-corrected chi connectivity index (χ4v) is 2.29. The number of benzene rings is 1. The molecular weight excluding hydrogens is 190 g/mol. The number of nitrogens with one attached hydrogen (secondary N) is 1. The minimum absolute atomic E-state index is 0.766. The zero-order valence-electron chi connectivity index (χ0n) is 7.79. The van der Waals surface area contributed by atoms with Crippen molar-refractivity contribution in [3.8, 4) is 12.3 Å². The maximum absolute atomic E-state index is 5.20. The van der Waals surface area contributed by atoms with Crippen LogP contribution in [0.2, 0.25) is 0 Å². The summed E-state index contributed by atoms with van der Waals surface area (Å²) in [6, 6.07) is 8.41. The highest BCUT2D eigenvalue weighted by Gasteiger charge is 1.99. The average Bonchev–Trinajstić information content (AvgIpc) is 2.67. The van der Waals surface area contributed by atoms with Crippen LogP contribution in [0.3, 0.4) is 0 Å². The summed E-state index contributed by atoms with van der Waals surface area (Å²) in [7, 11) is 0. The minimum Gasteiger partial charge on any atom is -0.383 e. The van der Waals surface area contributed by atoms with Gasteiger partial charge in [0.15, 0.2) is 0 Å². The van der Waals surface area contributed by atoms with Gasteiger partial charge in [0.25, 0.3) is 0 Å². The predicted molar refractivity (Wildman–Crippen MR) is 63.8 cm³/mol. The van der Waals surface area contributed by atoms with Gasteiger partial charge in [-0.25, -0.2) is 0 Å². The Morgan fingerprint density at radius 1 is 1.36 bits per heavy atom. The first kappa shape index (κ1) is 9.11. The van der Waals surface area contributed by atoms with Crippen LogP contribution >= 0.6 is 11.3 Å². The lowest BCUT2D eigenvalue weighted by atomic mass is 10.2. The highest BCUT2D eigenvalue weighted by molar-refractivity contribution is 7.17. The van der Waals surface area contributed by atoms with Crippen molar-refractivity contribution in [1.29, 1.82) is 0 Å². The van der Waals surface area contributed by atoms with Gasteiger partial charge in [0.2, 0.25) is 0 Å². The Morgan fingerprint density at radius 2 is 2.29 bits per heavy atom. The Labute approximate surface area is 87.8 Å². The first-order chi connectivity index (χ1) is 6.92. The lowest BCUT2D eigenvalue weighted by molar-refractivity contribution is 1.10. The van der Waals surface area contributed by atoms with Gasteiger partial charge in [-0.15, -0.1) is 23.7 Å². The average molecular weight is 201 g/mol. The lowest BCUT2D eigenvalue weighted by Crippen LogP contribution is -1.99. The number of rotatable bonds is 3. The summed E-state index contributed by atoms with van der Waals surface area (Å²) in [5, 5.41) is 6.74. The van der Waals surface area contributed by atoms with E-state index in [1.807, 2.05) is 0 Å². The molecule has 0 radical (unpaired) electrons. The number of thiophene rings is 1. The van der Waals surface area contributed by atoms with Gasteiger partial charge in [-0.3, -0.25) is 0 Å². The van der Waals surface area contributed by atoms with Crippen LogP contribution in [0.4, 0.5) is 5.69 Å². The van der Waals surface area contributed by atoms with Crippen LogP contribution in [0, 0.1) is 12.3 Å². The van der Waals surface area contributed by atoms with E-state index in [-0.39, 0.29) is 0 Å². The third-order valence-electron chi connectivity index (χ3n) is 2.06. The molecule has 0 amide bonds. The summed E-state index contributed by atoms with van der Waals surface area (Å²) >= 11 is 1.76. The van der Waals surface area contributed by atoms with E-state index in [0.29, 0.717) is 0 Å². The molecule has 70 valence electrons. The summed E-state index contributed by atoms with van der Waals surface area (Å²) < 4.78 is 1.31. The fraction of sp³-hybridized carbons (Fsp3) is 0.167.